The Morgan fingerprint density at radius 3 is 2.31 bits per heavy atom. The molecule has 0 radical (unpaired) electrons. The fraction of sp³-hybridized carbons (Fsp3) is 0.562. The van der Waals surface area contributed by atoms with E-state index in [1.165, 1.54) is 16.6 Å². The maximum absolute atomic E-state index is 12.6. The third-order valence-corrected chi connectivity index (χ3v) is 7.28. The topological polar surface area (TPSA) is 104 Å². The molecule has 0 spiro atoms. The number of benzene rings is 1. The van der Waals surface area contributed by atoms with Gasteiger partial charge < -0.3 is 5.32 Å². The first-order valence-electron chi connectivity index (χ1n) is 8.42. The van der Waals surface area contributed by atoms with Crippen LogP contribution in [0.2, 0.25) is 0 Å². The molecule has 2 heterocycles. The predicted molar refractivity (Wildman–Crippen MR) is 98.6 cm³/mol. The third-order valence-electron chi connectivity index (χ3n) is 4.87. The standard InChI is InChI=1S/C16H23N3O5S2/c1-25(21,22)14-3-4-15-12(11-14)5-10-19(15)16(20)17-13-6-8-18(9-7-13)26(2,23)24/h3-4,11,13H,5-10H2,1-2H3,(H,17,20). The van der Waals surface area contributed by atoms with Crippen molar-refractivity contribution in [2.24, 2.45) is 0 Å². The molecular formula is C16H23N3O5S2. The molecule has 1 fully saturated rings. The van der Waals surface area contributed by atoms with E-state index < -0.39 is 19.9 Å². The molecule has 2 amide bonds. The van der Waals surface area contributed by atoms with Crippen molar-refractivity contribution in [3.8, 4) is 0 Å². The van der Waals surface area contributed by atoms with Gasteiger partial charge in [-0.3, -0.25) is 4.90 Å². The summed E-state index contributed by atoms with van der Waals surface area (Å²) in [6.07, 6.45) is 4.12. The molecule has 1 aromatic carbocycles. The Hall–Kier alpha value is -1.65. The fourth-order valence-electron chi connectivity index (χ4n) is 3.40. The Balaban J connectivity index is 1.65. The number of hydrogen-bond acceptors (Lipinski definition) is 5. The predicted octanol–water partition coefficient (Wildman–Crippen LogP) is 0.586. The second-order valence-electron chi connectivity index (χ2n) is 6.85. The highest BCUT2D eigenvalue weighted by Gasteiger charge is 2.30. The van der Waals surface area contributed by atoms with Crippen LogP contribution in [0.15, 0.2) is 23.1 Å². The molecule has 26 heavy (non-hydrogen) atoms. The van der Waals surface area contributed by atoms with Gasteiger partial charge in [0.1, 0.15) is 0 Å². The van der Waals surface area contributed by atoms with Crippen molar-refractivity contribution in [1.29, 1.82) is 0 Å². The molecule has 0 saturated carbocycles. The number of hydrogen-bond donors (Lipinski definition) is 1. The summed E-state index contributed by atoms with van der Waals surface area (Å²) in [4.78, 5) is 14.5. The van der Waals surface area contributed by atoms with Crippen LogP contribution in [0.4, 0.5) is 10.5 Å². The number of rotatable bonds is 3. The zero-order valence-electron chi connectivity index (χ0n) is 14.8. The number of carbonyl (C=O) groups excluding carboxylic acids is 1. The molecule has 144 valence electrons. The lowest BCUT2D eigenvalue weighted by molar-refractivity contribution is 0.233. The van der Waals surface area contributed by atoms with Gasteiger partial charge in [0.15, 0.2) is 9.84 Å². The quantitative estimate of drug-likeness (QED) is 0.798. The number of carbonyl (C=O) groups is 1. The van der Waals surface area contributed by atoms with E-state index in [2.05, 4.69) is 5.32 Å². The van der Waals surface area contributed by atoms with Crippen molar-refractivity contribution >= 4 is 31.6 Å². The van der Waals surface area contributed by atoms with Crippen LogP contribution >= 0.6 is 0 Å². The molecule has 8 nitrogen and oxygen atoms in total. The van der Waals surface area contributed by atoms with Gasteiger partial charge in [-0.05, 0) is 43.0 Å². The van der Waals surface area contributed by atoms with Gasteiger partial charge in [0.25, 0.3) is 0 Å². The Morgan fingerprint density at radius 2 is 1.73 bits per heavy atom. The Kier molecular flexibility index (Phi) is 5.02. The zero-order valence-corrected chi connectivity index (χ0v) is 16.4. The second kappa shape index (κ2) is 6.82. The van der Waals surface area contributed by atoms with Crippen molar-refractivity contribution in [3.63, 3.8) is 0 Å². The molecule has 0 aromatic heterocycles. The number of urea groups is 1. The van der Waals surface area contributed by atoms with Crippen LogP contribution < -0.4 is 10.2 Å². The highest BCUT2D eigenvalue weighted by Crippen LogP contribution is 2.30. The molecule has 0 aliphatic carbocycles. The lowest BCUT2D eigenvalue weighted by atomic mass is 10.1. The molecule has 0 bridgehead atoms. The van der Waals surface area contributed by atoms with E-state index in [0.717, 1.165) is 17.5 Å². The molecule has 1 aromatic rings. The lowest BCUT2D eigenvalue weighted by Gasteiger charge is -2.31. The van der Waals surface area contributed by atoms with Crippen molar-refractivity contribution in [2.45, 2.75) is 30.2 Å². The van der Waals surface area contributed by atoms with E-state index in [1.807, 2.05) is 0 Å². The van der Waals surface area contributed by atoms with Crippen LogP contribution in [0.3, 0.4) is 0 Å². The van der Waals surface area contributed by atoms with Crippen LogP contribution in [0.5, 0.6) is 0 Å². The van der Waals surface area contributed by atoms with Gasteiger partial charge in [0.05, 0.1) is 11.2 Å². The lowest BCUT2D eigenvalue weighted by Crippen LogP contribution is -2.49. The molecule has 1 N–H and O–H groups in total. The number of anilines is 1. The Bertz CT molecular complexity index is 919. The molecule has 3 rings (SSSR count). The average molecular weight is 402 g/mol. The monoisotopic (exact) mass is 401 g/mol. The summed E-state index contributed by atoms with van der Waals surface area (Å²) in [5.74, 6) is 0. The third kappa shape index (κ3) is 4.02. The van der Waals surface area contributed by atoms with Gasteiger partial charge in [0.2, 0.25) is 10.0 Å². The van der Waals surface area contributed by atoms with Crippen LogP contribution in [-0.4, -0.2) is 65.4 Å². The van der Waals surface area contributed by atoms with Crippen LogP contribution in [0, 0.1) is 0 Å². The number of nitrogens with one attached hydrogen (secondary N) is 1. The first kappa shape index (κ1) is 19.1. The number of sulfonamides is 1. The zero-order chi connectivity index (χ0) is 19.1. The molecule has 0 atom stereocenters. The van der Waals surface area contributed by atoms with E-state index in [0.29, 0.717) is 38.9 Å². The Labute approximate surface area is 154 Å². The molecular weight excluding hydrogens is 378 g/mol. The SMILES string of the molecule is CS(=O)(=O)c1ccc2c(c1)CCN2C(=O)NC1CCN(S(C)(=O)=O)CC1. The first-order chi connectivity index (χ1) is 12.1. The van der Waals surface area contributed by atoms with E-state index in [9.17, 15) is 21.6 Å². The number of fused-ring (bicyclic) bond motifs is 1. The van der Waals surface area contributed by atoms with Crippen molar-refractivity contribution in [2.75, 3.05) is 37.0 Å². The van der Waals surface area contributed by atoms with Crippen LogP contribution in [-0.2, 0) is 26.3 Å². The summed E-state index contributed by atoms with van der Waals surface area (Å²) >= 11 is 0. The number of piperidine rings is 1. The van der Waals surface area contributed by atoms with Gasteiger partial charge >= 0.3 is 6.03 Å². The molecule has 0 unspecified atom stereocenters. The van der Waals surface area contributed by atoms with Crippen molar-refractivity contribution in [3.05, 3.63) is 23.8 Å². The second-order valence-corrected chi connectivity index (χ2v) is 10.8. The van der Waals surface area contributed by atoms with Crippen LogP contribution in [0.1, 0.15) is 18.4 Å². The minimum absolute atomic E-state index is 0.0696. The molecule has 2 aliphatic heterocycles. The van der Waals surface area contributed by atoms with Crippen molar-refractivity contribution in [1.82, 2.24) is 9.62 Å². The maximum Gasteiger partial charge on any atom is 0.322 e. The van der Waals surface area contributed by atoms with Gasteiger partial charge in [-0.2, -0.15) is 0 Å². The van der Waals surface area contributed by atoms with Gasteiger partial charge in [0, 0.05) is 37.6 Å². The summed E-state index contributed by atoms with van der Waals surface area (Å²) < 4.78 is 47.9. The van der Waals surface area contributed by atoms with E-state index in [-0.39, 0.29) is 17.0 Å². The molecule has 1 saturated heterocycles. The highest BCUT2D eigenvalue weighted by atomic mass is 32.2. The number of amides is 2. The van der Waals surface area contributed by atoms with E-state index >= 15 is 0 Å². The summed E-state index contributed by atoms with van der Waals surface area (Å²) in [5.41, 5.74) is 1.57. The minimum atomic E-state index is -3.27. The largest absolute Gasteiger partial charge is 0.335 e. The average Bonchev–Trinajstić information content (AvgIpc) is 2.97. The molecule has 2 aliphatic rings. The van der Waals surface area contributed by atoms with Crippen LogP contribution in [0.25, 0.3) is 0 Å². The highest BCUT2D eigenvalue weighted by molar-refractivity contribution is 7.90. The summed E-state index contributed by atoms with van der Waals surface area (Å²) in [7, 11) is -6.46. The van der Waals surface area contributed by atoms with E-state index in [1.54, 1.807) is 17.0 Å². The number of sulfone groups is 1. The summed E-state index contributed by atoms with van der Waals surface area (Å²) in [6, 6.07) is 4.52. The minimum Gasteiger partial charge on any atom is -0.335 e. The first-order valence-corrected chi connectivity index (χ1v) is 12.2. The van der Waals surface area contributed by atoms with Gasteiger partial charge in [-0.1, -0.05) is 0 Å². The Morgan fingerprint density at radius 1 is 1.08 bits per heavy atom. The van der Waals surface area contributed by atoms with Gasteiger partial charge in [-0.15, -0.1) is 0 Å². The fourth-order valence-corrected chi connectivity index (χ4v) is 4.95. The summed E-state index contributed by atoms with van der Waals surface area (Å²) in [6.45, 7) is 1.30. The summed E-state index contributed by atoms with van der Waals surface area (Å²) in [5, 5.41) is 2.97. The van der Waals surface area contributed by atoms with E-state index in [4.69, 9.17) is 0 Å². The normalized spacial score (nSPS) is 19.4. The number of nitrogens with zero attached hydrogens (tertiary/aromatic N) is 2. The van der Waals surface area contributed by atoms with Crippen molar-refractivity contribution < 1.29 is 21.6 Å². The molecule has 10 heteroatoms. The smallest absolute Gasteiger partial charge is 0.322 e. The van der Waals surface area contributed by atoms with Gasteiger partial charge in [-0.25, -0.2) is 25.9 Å². The maximum atomic E-state index is 12.6.